The van der Waals surface area contributed by atoms with Crippen LogP contribution in [-0.4, -0.2) is 31.0 Å². The minimum atomic E-state index is -0.707. The van der Waals surface area contributed by atoms with Gasteiger partial charge in [-0.15, -0.1) is 0 Å². The van der Waals surface area contributed by atoms with E-state index in [2.05, 4.69) is 0 Å². The van der Waals surface area contributed by atoms with E-state index in [-0.39, 0.29) is 30.2 Å². The number of nitro groups is 1. The van der Waals surface area contributed by atoms with Crippen molar-refractivity contribution in [3.8, 4) is 17.2 Å². The summed E-state index contributed by atoms with van der Waals surface area (Å²) in [7, 11) is 3.09. The van der Waals surface area contributed by atoms with Crippen LogP contribution in [0.15, 0.2) is 72.8 Å². The number of rotatable bonds is 7. The summed E-state index contributed by atoms with van der Waals surface area (Å²) in [4.78, 5) is 38.6. The maximum Gasteiger partial charge on any atom is 0.316 e. The molecule has 2 atom stereocenters. The topological polar surface area (TPSA) is 108 Å². The molecule has 0 N–H and O–H groups in total. The molecule has 35 heavy (non-hydrogen) atoms. The monoisotopic (exact) mass is 476 g/mol. The van der Waals surface area contributed by atoms with E-state index in [1.54, 1.807) is 42.3 Å². The zero-order valence-electron chi connectivity index (χ0n) is 19.2. The lowest BCUT2D eigenvalue weighted by atomic mass is 9.83. The second kappa shape index (κ2) is 10.3. The third-order valence-electron chi connectivity index (χ3n) is 5.97. The van der Waals surface area contributed by atoms with Crippen molar-refractivity contribution in [3.63, 3.8) is 0 Å². The maximum absolute atomic E-state index is 13.4. The number of benzene rings is 3. The van der Waals surface area contributed by atoms with Gasteiger partial charge < -0.3 is 19.1 Å². The van der Waals surface area contributed by atoms with Crippen molar-refractivity contribution < 1.29 is 28.7 Å². The van der Waals surface area contributed by atoms with Crippen molar-refractivity contribution in [3.05, 3.63) is 88.5 Å². The fourth-order valence-electron chi connectivity index (χ4n) is 4.28. The van der Waals surface area contributed by atoms with Crippen LogP contribution in [-0.2, 0) is 9.59 Å². The summed E-state index contributed by atoms with van der Waals surface area (Å²) >= 11 is 0. The van der Waals surface area contributed by atoms with Crippen LogP contribution in [0.3, 0.4) is 0 Å². The first-order valence-electron chi connectivity index (χ1n) is 11.0. The summed E-state index contributed by atoms with van der Waals surface area (Å²) in [6, 6.07) is 18.9. The van der Waals surface area contributed by atoms with Gasteiger partial charge in [-0.1, -0.05) is 18.2 Å². The molecule has 1 aliphatic rings. The molecule has 3 aromatic carbocycles. The number of non-ortho nitro benzene ring substituents is 1. The lowest BCUT2D eigenvalue weighted by Gasteiger charge is -2.40. The van der Waals surface area contributed by atoms with Crippen LogP contribution in [0.5, 0.6) is 17.2 Å². The molecule has 3 aromatic rings. The molecule has 0 saturated carbocycles. The van der Waals surface area contributed by atoms with Gasteiger partial charge >= 0.3 is 5.97 Å². The number of hydrogen-bond acceptors (Lipinski definition) is 7. The SMILES string of the molecule is COc1ccc(N2C(=O)CCC(C(=O)Oc3ccc([N+](=O)[O-])cc3)C2c2ccccc2OC)cc1. The van der Waals surface area contributed by atoms with Gasteiger partial charge in [-0.3, -0.25) is 19.7 Å². The number of carbonyl (C=O) groups excluding carboxylic acids is 2. The zero-order valence-corrected chi connectivity index (χ0v) is 19.2. The second-order valence-corrected chi connectivity index (χ2v) is 7.97. The molecule has 1 heterocycles. The van der Waals surface area contributed by atoms with Gasteiger partial charge in [0, 0.05) is 29.8 Å². The number of para-hydroxylation sites is 1. The molecule has 0 aliphatic carbocycles. The lowest BCUT2D eigenvalue weighted by Crippen LogP contribution is -2.46. The highest BCUT2D eigenvalue weighted by atomic mass is 16.6. The van der Waals surface area contributed by atoms with Crippen molar-refractivity contribution in [2.24, 2.45) is 5.92 Å². The number of methoxy groups -OCH3 is 2. The quantitative estimate of drug-likeness (QED) is 0.210. The van der Waals surface area contributed by atoms with E-state index in [1.165, 1.54) is 31.4 Å². The van der Waals surface area contributed by atoms with Crippen molar-refractivity contribution in [2.45, 2.75) is 18.9 Å². The molecule has 1 amide bonds. The normalized spacial score (nSPS) is 17.5. The second-order valence-electron chi connectivity index (χ2n) is 7.97. The lowest BCUT2D eigenvalue weighted by molar-refractivity contribution is -0.384. The van der Waals surface area contributed by atoms with Gasteiger partial charge in [0.25, 0.3) is 5.69 Å². The standard InChI is InChI=1S/C26H24N2O7/c1-33-19-11-7-17(8-12-19)27-24(29)16-15-22(25(27)21-5-3-4-6-23(21)34-2)26(30)35-20-13-9-18(10-14-20)28(31)32/h3-14,22,25H,15-16H2,1-2H3. The molecule has 1 saturated heterocycles. The van der Waals surface area contributed by atoms with E-state index < -0.39 is 22.9 Å². The maximum atomic E-state index is 13.4. The van der Waals surface area contributed by atoms with E-state index in [1.807, 2.05) is 18.2 Å². The number of ether oxygens (including phenoxy) is 3. The number of nitro benzene ring substituents is 1. The predicted molar refractivity (Wildman–Crippen MR) is 128 cm³/mol. The molecule has 180 valence electrons. The summed E-state index contributed by atoms with van der Waals surface area (Å²) in [5.41, 5.74) is 1.18. The Morgan fingerprint density at radius 2 is 1.60 bits per heavy atom. The van der Waals surface area contributed by atoms with Gasteiger partial charge in [0.1, 0.15) is 17.2 Å². The molecule has 0 radical (unpaired) electrons. The van der Waals surface area contributed by atoms with Crippen molar-refractivity contribution in [2.75, 3.05) is 19.1 Å². The summed E-state index contributed by atoms with van der Waals surface area (Å²) < 4.78 is 16.4. The number of carbonyl (C=O) groups is 2. The minimum Gasteiger partial charge on any atom is -0.497 e. The van der Waals surface area contributed by atoms with Crippen LogP contribution in [0.2, 0.25) is 0 Å². The average Bonchev–Trinajstić information content (AvgIpc) is 2.88. The molecule has 0 aromatic heterocycles. The molecule has 1 aliphatic heterocycles. The molecule has 0 spiro atoms. The highest BCUT2D eigenvalue weighted by Gasteiger charge is 2.43. The van der Waals surface area contributed by atoms with E-state index in [4.69, 9.17) is 14.2 Å². The van der Waals surface area contributed by atoms with Crippen LogP contribution in [0, 0.1) is 16.0 Å². The highest BCUT2D eigenvalue weighted by Crippen LogP contribution is 2.43. The average molecular weight is 476 g/mol. The number of anilines is 1. The molecular weight excluding hydrogens is 452 g/mol. The number of nitrogens with zero attached hydrogens (tertiary/aromatic N) is 2. The van der Waals surface area contributed by atoms with E-state index in [0.29, 0.717) is 22.7 Å². The van der Waals surface area contributed by atoms with E-state index in [0.717, 1.165) is 0 Å². The summed E-state index contributed by atoms with van der Waals surface area (Å²) in [6.07, 6.45) is 0.428. The van der Waals surface area contributed by atoms with Gasteiger partial charge in [-0.25, -0.2) is 0 Å². The Bertz CT molecular complexity index is 1230. The largest absolute Gasteiger partial charge is 0.497 e. The molecule has 9 heteroatoms. The molecule has 9 nitrogen and oxygen atoms in total. The number of piperidine rings is 1. The van der Waals surface area contributed by atoms with Crippen molar-refractivity contribution >= 4 is 23.3 Å². The fraction of sp³-hybridized carbons (Fsp3) is 0.231. The van der Waals surface area contributed by atoms with Crippen LogP contribution < -0.4 is 19.1 Å². The molecular formula is C26H24N2O7. The number of esters is 1. The summed E-state index contributed by atoms with van der Waals surface area (Å²) in [5, 5.41) is 10.9. The Balaban J connectivity index is 1.73. The third kappa shape index (κ3) is 4.93. The predicted octanol–water partition coefficient (Wildman–Crippen LogP) is 4.70. The van der Waals surface area contributed by atoms with Gasteiger partial charge in [-0.05, 0) is 48.9 Å². The first-order valence-corrected chi connectivity index (χ1v) is 11.0. The van der Waals surface area contributed by atoms with Crippen LogP contribution in [0.1, 0.15) is 24.4 Å². The highest BCUT2D eigenvalue weighted by molar-refractivity contribution is 5.97. The van der Waals surface area contributed by atoms with Crippen molar-refractivity contribution in [1.29, 1.82) is 0 Å². The Hall–Kier alpha value is -4.40. The molecule has 2 unspecified atom stereocenters. The first kappa shape index (κ1) is 23.7. The summed E-state index contributed by atoms with van der Waals surface area (Å²) in [5.74, 6) is -0.0141. The van der Waals surface area contributed by atoms with E-state index in [9.17, 15) is 19.7 Å². The Labute approximate surface area is 202 Å². The zero-order chi connectivity index (χ0) is 24.9. The van der Waals surface area contributed by atoms with E-state index >= 15 is 0 Å². The van der Waals surface area contributed by atoms with Crippen LogP contribution >= 0.6 is 0 Å². The van der Waals surface area contributed by atoms with Gasteiger partial charge in [0.15, 0.2) is 0 Å². The van der Waals surface area contributed by atoms with Crippen LogP contribution in [0.4, 0.5) is 11.4 Å². The Morgan fingerprint density at radius 3 is 2.23 bits per heavy atom. The molecule has 0 bridgehead atoms. The summed E-state index contributed by atoms with van der Waals surface area (Å²) in [6.45, 7) is 0. The Kier molecular flexibility index (Phi) is 6.96. The van der Waals surface area contributed by atoms with Crippen LogP contribution in [0.25, 0.3) is 0 Å². The fourth-order valence-corrected chi connectivity index (χ4v) is 4.28. The minimum absolute atomic E-state index is 0.106. The number of amides is 1. The van der Waals surface area contributed by atoms with Crippen molar-refractivity contribution in [1.82, 2.24) is 0 Å². The number of hydrogen-bond donors (Lipinski definition) is 0. The van der Waals surface area contributed by atoms with Gasteiger partial charge in [-0.2, -0.15) is 0 Å². The third-order valence-corrected chi connectivity index (χ3v) is 5.97. The van der Waals surface area contributed by atoms with Gasteiger partial charge in [0.05, 0.1) is 31.1 Å². The first-order chi connectivity index (χ1) is 16.9. The molecule has 4 rings (SSSR count). The van der Waals surface area contributed by atoms with Gasteiger partial charge in [0.2, 0.25) is 5.91 Å². The smallest absolute Gasteiger partial charge is 0.316 e. The molecule has 1 fully saturated rings. The Morgan fingerprint density at radius 1 is 0.943 bits per heavy atom.